The smallest absolute Gasteiger partial charge is 0.227 e. The summed E-state index contributed by atoms with van der Waals surface area (Å²) in [5.74, 6) is 0.181. The predicted molar refractivity (Wildman–Crippen MR) is 91.2 cm³/mol. The van der Waals surface area contributed by atoms with Crippen LogP contribution in [0.2, 0.25) is 0 Å². The number of carbonyl (C=O) groups excluding carboxylic acids is 1. The van der Waals surface area contributed by atoms with Gasteiger partial charge in [0.05, 0.1) is 12.0 Å². The summed E-state index contributed by atoms with van der Waals surface area (Å²) in [6, 6.07) is 6.01. The van der Waals surface area contributed by atoms with Crippen molar-refractivity contribution in [2.45, 2.75) is 32.1 Å². The Morgan fingerprint density at radius 2 is 2.35 bits per heavy atom. The zero-order chi connectivity index (χ0) is 16.5. The minimum Gasteiger partial charge on any atom is -0.383 e. The third kappa shape index (κ3) is 5.01. The highest BCUT2D eigenvalue weighted by atomic mass is 16.5. The van der Waals surface area contributed by atoms with Gasteiger partial charge in [-0.25, -0.2) is 0 Å². The molecule has 23 heavy (non-hydrogen) atoms. The van der Waals surface area contributed by atoms with Crippen LogP contribution in [0.1, 0.15) is 31.4 Å². The number of nitrogens with one attached hydrogen (secondary N) is 1. The fraction of sp³-hybridized carbons (Fsp3) is 0.667. The molecule has 1 amide bonds. The summed E-state index contributed by atoms with van der Waals surface area (Å²) in [5.41, 5.74) is 0.835. The predicted octanol–water partition coefficient (Wildman–Crippen LogP) is 1.88. The van der Waals surface area contributed by atoms with E-state index in [-0.39, 0.29) is 11.3 Å². The number of hydrogen-bond acceptors (Lipinski definition) is 4. The lowest BCUT2D eigenvalue weighted by Crippen LogP contribution is -2.52. The van der Waals surface area contributed by atoms with E-state index in [9.17, 15) is 4.79 Å². The Morgan fingerprint density at radius 3 is 3.04 bits per heavy atom. The molecule has 5 nitrogen and oxygen atoms in total. The van der Waals surface area contributed by atoms with Crippen molar-refractivity contribution >= 4 is 5.91 Å². The molecular weight excluding hydrogens is 290 g/mol. The van der Waals surface area contributed by atoms with Gasteiger partial charge >= 0.3 is 0 Å². The molecule has 0 saturated carbocycles. The van der Waals surface area contributed by atoms with Gasteiger partial charge in [0.15, 0.2) is 0 Å². The summed E-state index contributed by atoms with van der Waals surface area (Å²) >= 11 is 0. The molecule has 1 fully saturated rings. The van der Waals surface area contributed by atoms with E-state index in [0.717, 1.165) is 64.0 Å². The largest absolute Gasteiger partial charge is 0.383 e. The second-order valence-corrected chi connectivity index (χ2v) is 6.41. The number of nitrogens with zero attached hydrogens (tertiary/aromatic N) is 2. The number of carbonyl (C=O) groups is 1. The molecule has 1 aromatic rings. The van der Waals surface area contributed by atoms with Crippen LogP contribution < -0.4 is 5.32 Å². The quantitative estimate of drug-likeness (QED) is 0.795. The van der Waals surface area contributed by atoms with Crippen LogP contribution in [0.15, 0.2) is 24.4 Å². The molecule has 5 heteroatoms. The third-order valence-corrected chi connectivity index (χ3v) is 4.79. The average Bonchev–Trinajstić information content (AvgIpc) is 2.60. The Bertz CT molecular complexity index is 480. The van der Waals surface area contributed by atoms with E-state index in [0.29, 0.717) is 0 Å². The van der Waals surface area contributed by atoms with Crippen LogP contribution in [0.3, 0.4) is 0 Å². The van der Waals surface area contributed by atoms with Crippen molar-refractivity contribution in [1.29, 1.82) is 0 Å². The van der Waals surface area contributed by atoms with Gasteiger partial charge in [-0.3, -0.25) is 14.7 Å². The number of ether oxygens (including phenoxy) is 1. The minimum absolute atomic E-state index is 0.181. The van der Waals surface area contributed by atoms with E-state index < -0.39 is 0 Å². The molecule has 0 bridgehead atoms. The molecular formula is C18H29N3O2. The molecule has 1 atom stereocenters. The van der Waals surface area contributed by atoms with E-state index in [1.807, 2.05) is 18.3 Å². The second-order valence-electron chi connectivity index (χ2n) is 6.41. The van der Waals surface area contributed by atoms with Crippen molar-refractivity contribution in [1.82, 2.24) is 15.2 Å². The van der Waals surface area contributed by atoms with Crippen LogP contribution in [-0.4, -0.2) is 56.2 Å². The number of piperidine rings is 1. The van der Waals surface area contributed by atoms with Crippen molar-refractivity contribution < 1.29 is 9.53 Å². The number of aromatic nitrogens is 1. The van der Waals surface area contributed by atoms with Gasteiger partial charge in [0.1, 0.15) is 0 Å². The maximum atomic E-state index is 12.6. The molecule has 0 spiro atoms. The number of hydrogen-bond donors (Lipinski definition) is 1. The van der Waals surface area contributed by atoms with E-state index in [1.54, 1.807) is 14.2 Å². The molecule has 0 aliphatic carbocycles. The Hall–Kier alpha value is -1.46. The minimum atomic E-state index is -0.268. The molecule has 128 valence electrons. The lowest BCUT2D eigenvalue weighted by molar-refractivity contribution is -0.134. The van der Waals surface area contributed by atoms with E-state index in [4.69, 9.17) is 4.74 Å². The first-order valence-electron chi connectivity index (χ1n) is 8.53. The highest BCUT2D eigenvalue weighted by molar-refractivity contribution is 5.82. The van der Waals surface area contributed by atoms with Crippen LogP contribution in [0.4, 0.5) is 0 Å². The monoisotopic (exact) mass is 319 g/mol. The standard InChI is InChI=1S/C18H29N3O2/c1-19-17(22)18(9-5-8-16-7-3-4-11-20-16)10-6-12-21(15-18)13-14-23-2/h3-4,7,11H,5-6,8-10,12-15H2,1-2H3,(H,19,22)/t18-/m0/s1. The van der Waals surface area contributed by atoms with Gasteiger partial charge in [-0.15, -0.1) is 0 Å². The van der Waals surface area contributed by atoms with Crippen LogP contribution in [0.5, 0.6) is 0 Å². The summed E-state index contributed by atoms with van der Waals surface area (Å²) in [4.78, 5) is 19.3. The highest BCUT2D eigenvalue weighted by Gasteiger charge is 2.40. The molecule has 0 unspecified atom stereocenters. The second kappa shape index (κ2) is 8.99. The van der Waals surface area contributed by atoms with Crippen molar-refractivity contribution in [3.8, 4) is 0 Å². The average molecular weight is 319 g/mol. The normalized spacial score (nSPS) is 22.0. The molecule has 0 aromatic carbocycles. The van der Waals surface area contributed by atoms with Gasteiger partial charge in [-0.2, -0.15) is 0 Å². The van der Waals surface area contributed by atoms with Gasteiger partial charge in [0.2, 0.25) is 5.91 Å². The Balaban J connectivity index is 1.96. The maximum absolute atomic E-state index is 12.6. The maximum Gasteiger partial charge on any atom is 0.227 e. The molecule has 1 aromatic heterocycles. The van der Waals surface area contributed by atoms with Crippen LogP contribution in [0.25, 0.3) is 0 Å². The first kappa shape index (κ1) is 17.9. The van der Waals surface area contributed by atoms with Crippen molar-refractivity contribution in [3.63, 3.8) is 0 Å². The van der Waals surface area contributed by atoms with E-state index in [1.165, 1.54) is 0 Å². The zero-order valence-electron chi connectivity index (χ0n) is 14.4. The topological polar surface area (TPSA) is 54.5 Å². The number of methoxy groups -OCH3 is 1. The van der Waals surface area contributed by atoms with Crippen molar-refractivity contribution in [2.24, 2.45) is 5.41 Å². The summed E-state index contributed by atoms with van der Waals surface area (Å²) in [6.45, 7) is 3.51. The van der Waals surface area contributed by atoms with Gasteiger partial charge in [-0.1, -0.05) is 6.07 Å². The SMILES string of the molecule is CNC(=O)[C@@]1(CCCc2ccccn2)CCCN(CCOC)C1. The van der Waals surface area contributed by atoms with Crippen LogP contribution >= 0.6 is 0 Å². The molecule has 1 aliphatic heterocycles. The molecule has 2 rings (SSSR count). The summed E-state index contributed by atoms with van der Waals surface area (Å²) < 4.78 is 5.19. The first-order valence-corrected chi connectivity index (χ1v) is 8.53. The summed E-state index contributed by atoms with van der Waals surface area (Å²) in [6.07, 6.45) is 6.70. The number of amides is 1. The number of likely N-dealkylation sites (tertiary alicyclic amines) is 1. The van der Waals surface area contributed by atoms with Crippen molar-refractivity contribution in [2.75, 3.05) is 40.4 Å². The Morgan fingerprint density at radius 1 is 1.48 bits per heavy atom. The summed E-state index contributed by atoms with van der Waals surface area (Å²) in [5, 5.41) is 2.89. The molecule has 2 heterocycles. The Kier molecular flexibility index (Phi) is 6.99. The van der Waals surface area contributed by atoms with E-state index in [2.05, 4.69) is 21.3 Å². The van der Waals surface area contributed by atoms with E-state index >= 15 is 0 Å². The van der Waals surface area contributed by atoms with Gasteiger partial charge in [-0.05, 0) is 50.8 Å². The van der Waals surface area contributed by atoms with Gasteiger partial charge in [0, 0.05) is 39.1 Å². The first-order chi connectivity index (χ1) is 11.2. The molecule has 1 aliphatic rings. The number of aryl methyl sites for hydroxylation is 1. The van der Waals surface area contributed by atoms with Crippen LogP contribution in [-0.2, 0) is 16.0 Å². The highest BCUT2D eigenvalue weighted by Crippen LogP contribution is 2.35. The fourth-order valence-electron chi connectivity index (χ4n) is 3.56. The lowest BCUT2D eigenvalue weighted by atomic mass is 9.75. The molecule has 1 N–H and O–H groups in total. The van der Waals surface area contributed by atoms with Crippen LogP contribution in [0, 0.1) is 5.41 Å². The zero-order valence-corrected chi connectivity index (χ0v) is 14.4. The fourth-order valence-corrected chi connectivity index (χ4v) is 3.56. The lowest BCUT2D eigenvalue weighted by Gasteiger charge is -2.41. The Labute approximate surface area is 139 Å². The van der Waals surface area contributed by atoms with Gasteiger partial charge < -0.3 is 10.1 Å². The number of pyridine rings is 1. The third-order valence-electron chi connectivity index (χ3n) is 4.79. The van der Waals surface area contributed by atoms with Crippen molar-refractivity contribution in [3.05, 3.63) is 30.1 Å². The molecule has 0 radical (unpaired) electrons. The summed E-state index contributed by atoms with van der Waals surface area (Å²) in [7, 11) is 3.47. The number of rotatable bonds is 8. The molecule has 1 saturated heterocycles. The van der Waals surface area contributed by atoms with Gasteiger partial charge in [0.25, 0.3) is 0 Å².